The summed E-state index contributed by atoms with van der Waals surface area (Å²) >= 11 is 0. The first-order valence-electron chi connectivity index (χ1n) is 10.8. The topological polar surface area (TPSA) is 81.8 Å². The molecule has 2 fully saturated rings. The van der Waals surface area contributed by atoms with Crippen LogP contribution in [0.25, 0.3) is 16.9 Å². The Morgan fingerprint density at radius 3 is 2.60 bits per heavy atom. The van der Waals surface area contributed by atoms with E-state index in [2.05, 4.69) is 38.2 Å². The van der Waals surface area contributed by atoms with Crippen LogP contribution >= 0.6 is 0 Å². The highest BCUT2D eigenvalue weighted by molar-refractivity contribution is 5.66. The summed E-state index contributed by atoms with van der Waals surface area (Å²) in [4.78, 5) is 13.8. The molecule has 8 heteroatoms. The van der Waals surface area contributed by atoms with Crippen molar-refractivity contribution in [2.75, 3.05) is 43.4 Å². The fraction of sp³-hybridized carbons (Fsp3) is 0.500. The summed E-state index contributed by atoms with van der Waals surface area (Å²) < 4.78 is 1.91. The first-order chi connectivity index (χ1) is 14.7. The SMILES string of the molecule is CN1CCN(c2cc(-c3cnc4ccc(N[C@H]5CC[C@H](O)CC5)nn34)ccn2)CC1. The fourth-order valence-electron chi connectivity index (χ4n) is 4.36. The largest absolute Gasteiger partial charge is 0.393 e. The van der Waals surface area contributed by atoms with Gasteiger partial charge in [-0.05, 0) is 57.0 Å². The predicted molar refractivity (Wildman–Crippen MR) is 118 cm³/mol. The standard InChI is InChI=1S/C22H29N7O/c1-27-10-12-28(13-11-27)22-14-16(8-9-23-22)19-15-24-21-7-6-20(26-29(19)21)25-17-2-4-18(30)5-3-17/h6-9,14-15,17-18,30H,2-5,10-13H2,1H3,(H,25,26)/t17-,18-. The molecule has 4 heterocycles. The molecule has 1 aliphatic carbocycles. The van der Waals surface area contributed by atoms with Crippen molar-refractivity contribution in [2.45, 2.75) is 37.8 Å². The molecule has 30 heavy (non-hydrogen) atoms. The van der Waals surface area contributed by atoms with Gasteiger partial charge in [0.1, 0.15) is 11.6 Å². The van der Waals surface area contributed by atoms with Crippen LogP contribution in [0, 0.1) is 0 Å². The van der Waals surface area contributed by atoms with Crippen LogP contribution in [0.15, 0.2) is 36.7 Å². The molecule has 158 valence electrons. The molecule has 0 spiro atoms. The number of aliphatic hydroxyl groups excluding tert-OH is 1. The molecular weight excluding hydrogens is 378 g/mol. The van der Waals surface area contributed by atoms with E-state index >= 15 is 0 Å². The van der Waals surface area contributed by atoms with Crippen LogP contribution in [-0.4, -0.2) is 75.0 Å². The van der Waals surface area contributed by atoms with E-state index < -0.39 is 0 Å². The fourth-order valence-corrected chi connectivity index (χ4v) is 4.36. The molecular formula is C22H29N7O. The molecule has 1 aliphatic heterocycles. The molecule has 1 saturated carbocycles. The van der Waals surface area contributed by atoms with Crippen LogP contribution < -0.4 is 10.2 Å². The lowest BCUT2D eigenvalue weighted by atomic mass is 9.93. The highest BCUT2D eigenvalue weighted by Gasteiger charge is 2.20. The molecule has 2 N–H and O–H groups in total. The maximum Gasteiger partial charge on any atom is 0.154 e. The van der Waals surface area contributed by atoms with Gasteiger partial charge in [0, 0.05) is 44.0 Å². The molecule has 0 radical (unpaired) electrons. The Kier molecular flexibility index (Phi) is 5.26. The molecule has 8 nitrogen and oxygen atoms in total. The van der Waals surface area contributed by atoms with Crippen molar-refractivity contribution >= 4 is 17.3 Å². The van der Waals surface area contributed by atoms with Crippen molar-refractivity contribution in [1.82, 2.24) is 24.5 Å². The van der Waals surface area contributed by atoms with Gasteiger partial charge in [0.2, 0.25) is 0 Å². The van der Waals surface area contributed by atoms with Gasteiger partial charge in [-0.25, -0.2) is 14.5 Å². The number of aliphatic hydroxyl groups is 1. The van der Waals surface area contributed by atoms with Crippen molar-refractivity contribution in [3.05, 3.63) is 36.7 Å². The van der Waals surface area contributed by atoms with E-state index in [0.29, 0.717) is 6.04 Å². The van der Waals surface area contributed by atoms with E-state index in [0.717, 1.165) is 80.4 Å². The van der Waals surface area contributed by atoms with Crippen LogP contribution in [0.5, 0.6) is 0 Å². The monoisotopic (exact) mass is 407 g/mol. The smallest absolute Gasteiger partial charge is 0.154 e. The Bertz CT molecular complexity index is 1000. The highest BCUT2D eigenvalue weighted by Crippen LogP contribution is 2.26. The summed E-state index contributed by atoms with van der Waals surface area (Å²) in [6.07, 6.45) is 7.24. The summed E-state index contributed by atoms with van der Waals surface area (Å²) in [5, 5.41) is 18.1. The molecule has 3 aromatic heterocycles. The summed E-state index contributed by atoms with van der Waals surface area (Å²) in [6, 6.07) is 8.50. The van der Waals surface area contributed by atoms with E-state index in [1.54, 1.807) is 0 Å². The number of hydrogen-bond donors (Lipinski definition) is 2. The molecule has 0 aromatic carbocycles. The summed E-state index contributed by atoms with van der Waals surface area (Å²) in [5.74, 6) is 1.85. The van der Waals surface area contributed by atoms with Gasteiger partial charge < -0.3 is 20.2 Å². The number of imidazole rings is 1. The molecule has 5 rings (SSSR count). The molecule has 3 aromatic rings. The third kappa shape index (κ3) is 3.97. The Morgan fingerprint density at radius 1 is 1.00 bits per heavy atom. The van der Waals surface area contributed by atoms with Crippen LogP contribution in [0.2, 0.25) is 0 Å². The molecule has 2 aliphatic rings. The second kappa shape index (κ2) is 8.20. The molecule has 0 amide bonds. The van der Waals surface area contributed by atoms with Gasteiger partial charge in [-0.15, -0.1) is 5.10 Å². The quantitative estimate of drug-likeness (QED) is 0.686. The van der Waals surface area contributed by atoms with E-state index in [1.165, 1.54) is 0 Å². The third-order valence-electron chi connectivity index (χ3n) is 6.28. The van der Waals surface area contributed by atoms with E-state index in [4.69, 9.17) is 5.10 Å². The van der Waals surface area contributed by atoms with Crippen molar-refractivity contribution in [3.63, 3.8) is 0 Å². The number of nitrogens with zero attached hydrogens (tertiary/aromatic N) is 6. The van der Waals surface area contributed by atoms with Gasteiger partial charge in [0.15, 0.2) is 5.65 Å². The van der Waals surface area contributed by atoms with Crippen molar-refractivity contribution in [3.8, 4) is 11.3 Å². The highest BCUT2D eigenvalue weighted by atomic mass is 16.3. The van der Waals surface area contributed by atoms with Crippen molar-refractivity contribution in [2.24, 2.45) is 0 Å². The third-order valence-corrected chi connectivity index (χ3v) is 6.28. The first-order valence-corrected chi connectivity index (χ1v) is 10.8. The number of aromatic nitrogens is 4. The zero-order chi connectivity index (χ0) is 20.5. The van der Waals surface area contributed by atoms with E-state index in [-0.39, 0.29) is 6.10 Å². The summed E-state index contributed by atoms with van der Waals surface area (Å²) in [6.45, 7) is 4.08. The maximum atomic E-state index is 9.73. The maximum absolute atomic E-state index is 9.73. The first kappa shape index (κ1) is 19.3. The van der Waals surface area contributed by atoms with Gasteiger partial charge in [-0.1, -0.05) is 0 Å². The molecule has 0 atom stereocenters. The Hall–Kier alpha value is -2.71. The van der Waals surface area contributed by atoms with Crippen LogP contribution in [-0.2, 0) is 0 Å². The van der Waals surface area contributed by atoms with Gasteiger partial charge in [-0.3, -0.25) is 0 Å². The lowest BCUT2D eigenvalue weighted by Gasteiger charge is -2.33. The van der Waals surface area contributed by atoms with Crippen LogP contribution in [0.3, 0.4) is 0 Å². The minimum atomic E-state index is -0.153. The van der Waals surface area contributed by atoms with Gasteiger partial charge in [0.25, 0.3) is 0 Å². The van der Waals surface area contributed by atoms with Crippen LogP contribution in [0.4, 0.5) is 11.6 Å². The number of anilines is 2. The van der Waals surface area contributed by atoms with Crippen molar-refractivity contribution < 1.29 is 5.11 Å². The number of nitrogens with one attached hydrogen (secondary N) is 1. The Labute approximate surface area is 176 Å². The lowest BCUT2D eigenvalue weighted by Crippen LogP contribution is -2.44. The number of rotatable bonds is 4. The second-order valence-corrected chi connectivity index (χ2v) is 8.47. The number of hydrogen-bond acceptors (Lipinski definition) is 7. The van der Waals surface area contributed by atoms with Crippen molar-refractivity contribution in [1.29, 1.82) is 0 Å². The normalized spacial score (nSPS) is 23.1. The molecule has 1 saturated heterocycles. The number of likely N-dealkylation sites (N-methyl/N-ethyl adjacent to an activating group) is 1. The Morgan fingerprint density at radius 2 is 1.80 bits per heavy atom. The van der Waals surface area contributed by atoms with E-state index in [1.807, 2.05) is 35.1 Å². The molecule has 0 bridgehead atoms. The zero-order valence-corrected chi connectivity index (χ0v) is 17.4. The number of pyridine rings is 1. The van der Waals surface area contributed by atoms with Gasteiger partial charge in [0.05, 0.1) is 18.0 Å². The van der Waals surface area contributed by atoms with Gasteiger partial charge >= 0.3 is 0 Å². The minimum absolute atomic E-state index is 0.153. The average Bonchev–Trinajstić information content (AvgIpc) is 3.19. The minimum Gasteiger partial charge on any atom is -0.393 e. The van der Waals surface area contributed by atoms with Gasteiger partial charge in [-0.2, -0.15) is 0 Å². The summed E-state index contributed by atoms with van der Waals surface area (Å²) in [5.41, 5.74) is 2.86. The number of piperazine rings is 1. The van der Waals surface area contributed by atoms with E-state index in [9.17, 15) is 5.11 Å². The molecule has 0 unspecified atom stereocenters. The lowest BCUT2D eigenvalue weighted by molar-refractivity contribution is 0.126. The zero-order valence-electron chi connectivity index (χ0n) is 17.4. The Balaban J connectivity index is 1.40. The van der Waals surface area contributed by atoms with Crippen LogP contribution in [0.1, 0.15) is 25.7 Å². The number of fused-ring (bicyclic) bond motifs is 1. The predicted octanol–water partition coefficient (Wildman–Crippen LogP) is 2.26. The summed E-state index contributed by atoms with van der Waals surface area (Å²) in [7, 11) is 2.16. The average molecular weight is 408 g/mol. The second-order valence-electron chi connectivity index (χ2n) is 8.47.